The van der Waals surface area contributed by atoms with E-state index in [1.807, 2.05) is 5.38 Å². The molecule has 1 fully saturated rings. The summed E-state index contributed by atoms with van der Waals surface area (Å²) >= 11 is 1.46. The van der Waals surface area contributed by atoms with E-state index in [2.05, 4.69) is 4.98 Å². The lowest BCUT2D eigenvalue weighted by Crippen LogP contribution is -2.04. The third-order valence-corrected chi connectivity index (χ3v) is 3.45. The molecule has 0 aliphatic heterocycles. The second kappa shape index (κ2) is 4.01. The minimum atomic E-state index is 0.624. The Balaban J connectivity index is 2.09. The van der Waals surface area contributed by atoms with Crippen molar-refractivity contribution in [2.45, 2.75) is 38.0 Å². The number of thiazole rings is 1. The van der Waals surface area contributed by atoms with Gasteiger partial charge in [-0.05, 0) is 12.8 Å². The van der Waals surface area contributed by atoms with Gasteiger partial charge in [0.25, 0.3) is 0 Å². The lowest BCUT2D eigenvalue weighted by molar-refractivity contribution is 0.112. The van der Waals surface area contributed by atoms with Crippen molar-refractivity contribution in [3.8, 4) is 0 Å². The van der Waals surface area contributed by atoms with Crippen molar-refractivity contribution in [1.29, 1.82) is 0 Å². The molecule has 0 aromatic carbocycles. The molecule has 0 spiro atoms. The Labute approximate surface area is 82.0 Å². The summed E-state index contributed by atoms with van der Waals surface area (Å²) in [7, 11) is 0. The van der Waals surface area contributed by atoms with Crippen molar-refractivity contribution in [2.75, 3.05) is 0 Å². The van der Waals surface area contributed by atoms with Gasteiger partial charge < -0.3 is 0 Å². The lowest BCUT2D eigenvalue weighted by Gasteiger charge is -2.19. The van der Waals surface area contributed by atoms with E-state index >= 15 is 0 Å². The van der Waals surface area contributed by atoms with Gasteiger partial charge in [0.05, 0.1) is 5.69 Å². The van der Waals surface area contributed by atoms with Crippen molar-refractivity contribution in [3.63, 3.8) is 0 Å². The Morgan fingerprint density at radius 1 is 1.38 bits per heavy atom. The molecule has 2 rings (SSSR count). The number of aldehydes is 1. The molecule has 0 bridgehead atoms. The van der Waals surface area contributed by atoms with Gasteiger partial charge in [-0.15, -0.1) is 11.3 Å². The van der Waals surface area contributed by atoms with Crippen LogP contribution in [0, 0.1) is 0 Å². The number of nitrogens with zero attached hydrogens (tertiary/aromatic N) is 1. The summed E-state index contributed by atoms with van der Waals surface area (Å²) in [5.74, 6) is 0.624. The van der Waals surface area contributed by atoms with E-state index in [0.717, 1.165) is 12.0 Å². The Bertz CT molecular complexity index is 289. The summed E-state index contributed by atoms with van der Waals surface area (Å²) in [5, 5.41) is 2.67. The van der Waals surface area contributed by atoms with Crippen LogP contribution in [0.4, 0.5) is 0 Å². The van der Waals surface area contributed by atoms with Gasteiger partial charge >= 0.3 is 0 Å². The maximum absolute atomic E-state index is 10.5. The number of hydrogen-bond acceptors (Lipinski definition) is 3. The van der Waals surface area contributed by atoms with Crippen LogP contribution in [0.1, 0.15) is 53.5 Å². The van der Waals surface area contributed by atoms with Gasteiger partial charge in [-0.2, -0.15) is 0 Å². The van der Waals surface area contributed by atoms with Crippen LogP contribution in [0.5, 0.6) is 0 Å². The van der Waals surface area contributed by atoms with Crippen molar-refractivity contribution >= 4 is 17.6 Å². The molecule has 0 unspecified atom stereocenters. The topological polar surface area (TPSA) is 30.0 Å². The maximum Gasteiger partial charge on any atom is 0.178 e. The molecule has 1 saturated carbocycles. The zero-order valence-corrected chi connectivity index (χ0v) is 8.35. The molecule has 70 valence electrons. The Hall–Kier alpha value is -0.700. The Morgan fingerprint density at radius 2 is 2.15 bits per heavy atom. The van der Waals surface area contributed by atoms with Crippen LogP contribution >= 0.6 is 11.3 Å². The summed E-state index contributed by atoms with van der Waals surface area (Å²) in [6.07, 6.45) is 7.35. The van der Waals surface area contributed by atoms with Crippen molar-refractivity contribution in [3.05, 3.63) is 16.1 Å². The fourth-order valence-electron chi connectivity index (χ4n) is 1.94. The molecule has 1 aromatic rings. The molecule has 0 amide bonds. The number of rotatable bonds is 2. The molecule has 0 atom stereocenters. The van der Waals surface area contributed by atoms with Gasteiger partial charge in [0.15, 0.2) is 11.3 Å². The fourth-order valence-corrected chi connectivity index (χ4v) is 2.64. The molecule has 13 heavy (non-hydrogen) atoms. The van der Waals surface area contributed by atoms with E-state index < -0.39 is 0 Å². The van der Waals surface area contributed by atoms with Crippen LogP contribution in [0.2, 0.25) is 0 Å². The highest BCUT2D eigenvalue weighted by Gasteiger charge is 2.17. The van der Waals surface area contributed by atoms with Gasteiger partial charge in [0.2, 0.25) is 0 Å². The van der Waals surface area contributed by atoms with Crippen LogP contribution in [-0.2, 0) is 0 Å². The Kier molecular flexibility index (Phi) is 2.74. The van der Waals surface area contributed by atoms with E-state index in [1.54, 1.807) is 0 Å². The molecule has 0 N–H and O–H groups in total. The van der Waals surface area contributed by atoms with E-state index in [0.29, 0.717) is 10.9 Å². The zero-order valence-electron chi connectivity index (χ0n) is 7.53. The SMILES string of the molecule is O=Cc1nc(C2CCCCC2)cs1. The molecule has 3 heteroatoms. The molecule has 1 aliphatic carbocycles. The number of carbonyl (C=O) groups excluding carboxylic acids is 1. The Morgan fingerprint density at radius 3 is 2.77 bits per heavy atom. The first kappa shape index (κ1) is 8.88. The first-order valence-corrected chi connectivity index (χ1v) is 5.68. The van der Waals surface area contributed by atoms with Gasteiger partial charge in [-0.1, -0.05) is 19.3 Å². The van der Waals surface area contributed by atoms with Gasteiger partial charge in [-0.3, -0.25) is 4.79 Å². The van der Waals surface area contributed by atoms with Gasteiger partial charge in [-0.25, -0.2) is 4.98 Å². The van der Waals surface area contributed by atoms with E-state index in [-0.39, 0.29) is 0 Å². The van der Waals surface area contributed by atoms with Crippen molar-refractivity contribution in [2.24, 2.45) is 0 Å². The van der Waals surface area contributed by atoms with Gasteiger partial charge in [0.1, 0.15) is 0 Å². The van der Waals surface area contributed by atoms with E-state index in [4.69, 9.17) is 0 Å². The summed E-state index contributed by atoms with van der Waals surface area (Å²) in [6.45, 7) is 0. The first-order valence-electron chi connectivity index (χ1n) is 4.81. The van der Waals surface area contributed by atoms with Crippen LogP contribution in [-0.4, -0.2) is 11.3 Å². The zero-order chi connectivity index (χ0) is 9.10. The molecule has 1 aromatic heterocycles. The number of carbonyl (C=O) groups is 1. The predicted octanol–water partition coefficient (Wildman–Crippen LogP) is 3.00. The number of aromatic nitrogens is 1. The number of hydrogen-bond donors (Lipinski definition) is 0. The van der Waals surface area contributed by atoms with E-state index in [9.17, 15) is 4.79 Å². The lowest BCUT2D eigenvalue weighted by atomic mass is 9.87. The van der Waals surface area contributed by atoms with Crippen LogP contribution in [0.15, 0.2) is 5.38 Å². The summed E-state index contributed by atoms with van der Waals surface area (Å²) in [4.78, 5) is 14.8. The largest absolute Gasteiger partial charge is 0.295 e. The third-order valence-electron chi connectivity index (χ3n) is 2.66. The molecule has 2 nitrogen and oxygen atoms in total. The summed E-state index contributed by atoms with van der Waals surface area (Å²) < 4.78 is 0. The van der Waals surface area contributed by atoms with Crippen LogP contribution in [0.3, 0.4) is 0 Å². The summed E-state index contributed by atoms with van der Waals surface area (Å²) in [6, 6.07) is 0. The highest BCUT2D eigenvalue weighted by Crippen LogP contribution is 2.32. The highest BCUT2D eigenvalue weighted by atomic mass is 32.1. The monoisotopic (exact) mass is 195 g/mol. The molecule has 1 aliphatic rings. The quantitative estimate of drug-likeness (QED) is 0.679. The maximum atomic E-state index is 10.5. The summed E-state index contributed by atoms with van der Waals surface area (Å²) in [5.41, 5.74) is 1.15. The molecular weight excluding hydrogens is 182 g/mol. The first-order chi connectivity index (χ1) is 6.40. The standard InChI is InChI=1S/C10H13NOS/c12-6-10-11-9(7-13-10)8-4-2-1-3-5-8/h6-8H,1-5H2. The van der Waals surface area contributed by atoms with Crippen LogP contribution < -0.4 is 0 Å². The molecule has 1 heterocycles. The van der Waals surface area contributed by atoms with Crippen molar-refractivity contribution in [1.82, 2.24) is 4.98 Å². The van der Waals surface area contributed by atoms with Crippen LogP contribution in [0.25, 0.3) is 0 Å². The molecule has 0 saturated heterocycles. The second-order valence-electron chi connectivity index (χ2n) is 3.56. The average Bonchev–Trinajstić information content (AvgIpc) is 2.67. The normalized spacial score (nSPS) is 18.8. The average molecular weight is 195 g/mol. The molecule has 0 radical (unpaired) electrons. The fraction of sp³-hybridized carbons (Fsp3) is 0.600. The molecular formula is C10H13NOS. The van der Waals surface area contributed by atoms with Gasteiger partial charge in [0, 0.05) is 11.3 Å². The predicted molar refractivity (Wildman–Crippen MR) is 53.3 cm³/mol. The minimum absolute atomic E-state index is 0.624. The smallest absolute Gasteiger partial charge is 0.178 e. The second-order valence-corrected chi connectivity index (χ2v) is 4.45. The minimum Gasteiger partial charge on any atom is -0.295 e. The van der Waals surface area contributed by atoms with Crippen molar-refractivity contribution < 1.29 is 4.79 Å². The van der Waals surface area contributed by atoms with E-state index in [1.165, 1.54) is 43.4 Å². The highest BCUT2D eigenvalue weighted by molar-refractivity contribution is 7.11. The third kappa shape index (κ3) is 1.97.